The van der Waals surface area contributed by atoms with Gasteiger partial charge in [0.2, 0.25) is 0 Å². The maximum Gasteiger partial charge on any atom is 0.265 e. The van der Waals surface area contributed by atoms with Crippen molar-refractivity contribution in [1.82, 2.24) is 9.97 Å². The Morgan fingerprint density at radius 1 is 1.47 bits per heavy atom. The second kappa shape index (κ2) is 5.44. The van der Waals surface area contributed by atoms with Gasteiger partial charge in [-0.2, -0.15) is 0 Å². The van der Waals surface area contributed by atoms with Crippen molar-refractivity contribution in [2.24, 2.45) is 0 Å². The molecular formula is C13H13BrN2O3. The summed E-state index contributed by atoms with van der Waals surface area (Å²) in [6, 6.07) is 4.83. The molecule has 6 heteroatoms. The highest BCUT2D eigenvalue weighted by Crippen LogP contribution is 2.30. The maximum atomic E-state index is 11.7. The van der Waals surface area contributed by atoms with Crippen LogP contribution in [0.3, 0.4) is 0 Å². The molecule has 0 aliphatic rings. The Morgan fingerprint density at radius 3 is 2.84 bits per heavy atom. The van der Waals surface area contributed by atoms with Gasteiger partial charge in [0, 0.05) is 5.56 Å². The minimum absolute atomic E-state index is 0.0572. The predicted molar refractivity (Wildman–Crippen MR) is 75.6 cm³/mol. The maximum absolute atomic E-state index is 11.7. The minimum atomic E-state index is -0.242. The van der Waals surface area contributed by atoms with E-state index in [1.54, 1.807) is 19.1 Å². The minimum Gasteiger partial charge on any atom is -0.504 e. The van der Waals surface area contributed by atoms with Gasteiger partial charge in [-0.05, 0) is 48.0 Å². The van der Waals surface area contributed by atoms with Crippen LogP contribution in [0.15, 0.2) is 27.5 Å². The zero-order chi connectivity index (χ0) is 14.0. The summed E-state index contributed by atoms with van der Waals surface area (Å²) >= 11 is 3.17. The summed E-state index contributed by atoms with van der Waals surface area (Å²) in [5.74, 6) is 0.858. The standard InChI is InChI=1S/C13H13BrN2O3/c1-3-19-10-6-8(4-5-9(10)17)12-15-7(2)11(14)13(18)16-12/h4-6,17H,3H2,1-2H3,(H,15,16,18). The van der Waals surface area contributed by atoms with Crippen LogP contribution in [-0.2, 0) is 0 Å². The number of phenolic OH excluding ortho intramolecular Hbond substituents is 1. The second-order valence-corrected chi connectivity index (χ2v) is 4.72. The van der Waals surface area contributed by atoms with Crippen molar-refractivity contribution in [3.8, 4) is 22.9 Å². The molecule has 0 saturated heterocycles. The number of aromatic nitrogens is 2. The first-order chi connectivity index (χ1) is 9.02. The van der Waals surface area contributed by atoms with E-state index in [1.807, 2.05) is 6.92 Å². The average Bonchev–Trinajstić information content (AvgIpc) is 2.38. The van der Waals surface area contributed by atoms with E-state index < -0.39 is 0 Å². The van der Waals surface area contributed by atoms with Crippen molar-refractivity contribution in [2.75, 3.05) is 6.61 Å². The highest BCUT2D eigenvalue weighted by Gasteiger charge is 2.10. The van der Waals surface area contributed by atoms with Gasteiger partial charge in [-0.15, -0.1) is 0 Å². The van der Waals surface area contributed by atoms with E-state index in [0.29, 0.717) is 33.9 Å². The van der Waals surface area contributed by atoms with Gasteiger partial charge in [0.1, 0.15) is 10.3 Å². The molecule has 2 N–H and O–H groups in total. The average molecular weight is 325 g/mol. The predicted octanol–water partition coefficient (Wildman–Crippen LogP) is 2.61. The smallest absolute Gasteiger partial charge is 0.265 e. The summed E-state index contributed by atoms with van der Waals surface area (Å²) in [7, 11) is 0. The zero-order valence-electron chi connectivity index (χ0n) is 10.5. The molecule has 0 amide bonds. The van der Waals surface area contributed by atoms with Gasteiger partial charge in [0.25, 0.3) is 5.56 Å². The number of nitrogens with one attached hydrogen (secondary N) is 1. The lowest BCUT2D eigenvalue weighted by Crippen LogP contribution is -2.11. The number of hydrogen-bond acceptors (Lipinski definition) is 4. The molecule has 2 aromatic rings. The Hall–Kier alpha value is -1.82. The molecule has 5 nitrogen and oxygen atoms in total. The van der Waals surface area contributed by atoms with Crippen LogP contribution in [0, 0.1) is 6.92 Å². The van der Waals surface area contributed by atoms with E-state index in [-0.39, 0.29) is 11.3 Å². The van der Waals surface area contributed by atoms with Crippen LogP contribution in [0.25, 0.3) is 11.4 Å². The van der Waals surface area contributed by atoms with Gasteiger partial charge in [0.15, 0.2) is 11.5 Å². The fourth-order valence-corrected chi connectivity index (χ4v) is 1.83. The van der Waals surface area contributed by atoms with Crippen LogP contribution >= 0.6 is 15.9 Å². The Labute approximate surface area is 118 Å². The van der Waals surface area contributed by atoms with Crippen molar-refractivity contribution < 1.29 is 9.84 Å². The number of aromatic amines is 1. The van der Waals surface area contributed by atoms with Crippen LogP contribution in [-0.4, -0.2) is 21.7 Å². The third-order valence-electron chi connectivity index (χ3n) is 2.56. The lowest BCUT2D eigenvalue weighted by Gasteiger charge is -2.08. The number of ether oxygens (including phenoxy) is 1. The number of hydrogen-bond donors (Lipinski definition) is 2. The van der Waals surface area contributed by atoms with E-state index in [4.69, 9.17) is 4.74 Å². The first kappa shape index (κ1) is 13.6. The summed E-state index contributed by atoms with van der Waals surface area (Å²) < 4.78 is 5.72. The quantitative estimate of drug-likeness (QED) is 0.910. The lowest BCUT2D eigenvalue weighted by atomic mass is 10.2. The highest BCUT2D eigenvalue weighted by atomic mass is 79.9. The molecule has 0 radical (unpaired) electrons. The normalized spacial score (nSPS) is 10.5. The van der Waals surface area contributed by atoms with Crippen molar-refractivity contribution in [2.45, 2.75) is 13.8 Å². The van der Waals surface area contributed by atoms with Gasteiger partial charge in [-0.25, -0.2) is 4.98 Å². The molecule has 0 aliphatic heterocycles. The fourth-order valence-electron chi connectivity index (χ4n) is 1.64. The molecule has 0 unspecified atom stereocenters. The third-order valence-corrected chi connectivity index (χ3v) is 3.50. The molecule has 0 spiro atoms. The highest BCUT2D eigenvalue weighted by molar-refractivity contribution is 9.10. The SMILES string of the molecule is CCOc1cc(-c2nc(C)c(Br)c(=O)[nH]2)ccc1O. The molecule has 0 atom stereocenters. The van der Waals surface area contributed by atoms with Crippen molar-refractivity contribution in [3.05, 3.63) is 38.7 Å². The first-order valence-corrected chi connectivity index (χ1v) is 6.54. The van der Waals surface area contributed by atoms with Crippen LogP contribution < -0.4 is 10.3 Å². The summed E-state index contributed by atoms with van der Waals surface area (Å²) in [4.78, 5) is 18.7. The van der Waals surface area contributed by atoms with Gasteiger partial charge in [0.05, 0.1) is 12.3 Å². The number of aryl methyl sites for hydroxylation is 1. The van der Waals surface area contributed by atoms with E-state index in [2.05, 4.69) is 25.9 Å². The molecule has 0 bridgehead atoms. The van der Waals surface area contributed by atoms with Gasteiger partial charge >= 0.3 is 0 Å². The number of nitrogens with zero attached hydrogens (tertiary/aromatic N) is 1. The van der Waals surface area contributed by atoms with Crippen LogP contribution in [0.4, 0.5) is 0 Å². The Kier molecular flexibility index (Phi) is 3.90. The van der Waals surface area contributed by atoms with Crippen molar-refractivity contribution >= 4 is 15.9 Å². The molecule has 0 fully saturated rings. The number of rotatable bonds is 3. The molecule has 100 valence electrons. The van der Waals surface area contributed by atoms with Crippen molar-refractivity contribution in [3.63, 3.8) is 0 Å². The summed E-state index contributed by atoms with van der Waals surface area (Å²) in [5, 5.41) is 9.64. The summed E-state index contributed by atoms with van der Waals surface area (Å²) in [6.07, 6.45) is 0. The third kappa shape index (κ3) is 2.78. The van der Waals surface area contributed by atoms with E-state index in [0.717, 1.165) is 0 Å². The van der Waals surface area contributed by atoms with E-state index in [9.17, 15) is 9.90 Å². The number of aromatic hydroxyl groups is 1. The van der Waals surface area contributed by atoms with Crippen LogP contribution in [0.2, 0.25) is 0 Å². The topological polar surface area (TPSA) is 75.2 Å². The van der Waals surface area contributed by atoms with Gasteiger partial charge in [-0.1, -0.05) is 0 Å². The second-order valence-electron chi connectivity index (χ2n) is 3.93. The van der Waals surface area contributed by atoms with Gasteiger partial charge in [-0.3, -0.25) is 4.79 Å². The van der Waals surface area contributed by atoms with E-state index in [1.165, 1.54) is 6.07 Å². The zero-order valence-corrected chi connectivity index (χ0v) is 12.1. The number of halogens is 1. The lowest BCUT2D eigenvalue weighted by molar-refractivity contribution is 0.318. The Bertz CT molecular complexity index is 667. The Balaban J connectivity index is 2.53. The molecule has 1 aromatic heterocycles. The molecule has 19 heavy (non-hydrogen) atoms. The molecule has 0 saturated carbocycles. The number of phenols is 1. The van der Waals surface area contributed by atoms with E-state index >= 15 is 0 Å². The molecule has 0 aliphatic carbocycles. The fraction of sp³-hybridized carbons (Fsp3) is 0.231. The largest absolute Gasteiger partial charge is 0.504 e. The number of benzene rings is 1. The molecule has 1 heterocycles. The number of H-pyrrole nitrogens is 1. The van der Waals surface area contributed by atoms with Crippen LogP contribution in [0.5, 0.6) is 11.5 Å². The first-order valence-electron chi connectivity index (χ1n) is 5.75. The summed E-state index contributed by atoms with van der Waals surface area (Å²) in [6.45, 7) is 4.02. The van der Waals surface area contributed by atoms with Crippen molar-refractivity contribution in [1.29, 1.82) is 0 Å². The summed E-state index contributed by atoms with van der Waals surface area (Å²) in [5.41, 5.74) is 1.03. The van der Waals surface area contributed by atoms with Gasteiger partial charge < -0.3 is 14.8 Å². The Morgan fingerprint density at radius 2 is 2.21 bits per heavy atom. The monoisotopic (exact) mass is 324 g/mol. The molecular weight excluding hydrogens is 312 g/mol. The molecule has 2 rings (SSSR count). The molecule has 1 aromatic carbocycles. The van der Waals surface area contributed by atoms with Crippen LogP contribution in [0.1, 0.15) is 12.6 Å².